The van der Waals surface area contributed by atoms with Crippen LogP contribution in [0, 0.1) is 12.7 Å². The van der Waals surface area contributed by atoms with E-state index in [1.54, 1.807) is 13.1 Å². The van der Waals surface area contributed by atoms with Gasteiger partial charge in [0.2, 0.25) is 0 Å². The number of halogens is 1. The van der Waals surface area contributed by atoms with Crippen molar-refractivity contribution in [1.29, 1.82) is 0 Å². The van der Waals surface area contributed by atoms with E-state index in [0.717, 1.165) is 35.4 Å². The van der Waals surface area contributed by atoms with Crippen LogP contribution in [0.4, 0.5) is 4.39 Å². The van der Waals surface area contributed by atoms with E-state index in [2.05, 4.69) is 38.0 Å². The van der Waals surface area contributed by atoms with Gasteiger partial charge < -0.3 is 15.0 Å². The minimum absolute atomic E-state index is 0.122. The Kier molecular flexibility index (Phi) is 4.56. The second-order valence-electron chi connectivity index (χ2n) is 7.17. The van der Waals surface area contributed by atoms with Gasteiger partial charge in [-0.3, -0.25) is 4.99 Å². The third-order valence-corrected chi connectivity index (χ3v) is 5.30. The standard InChI is InChI=1S/C21H24FN5/c1-15-6-5-9-19-26-16(13-27(15)19)12-24-20(23-2)25-14-21(10-11-21)17-7-3-4-8-18(17)22/h3-9,13H,10-12,14H2,1-2H3,(H2,23,24,25). The molecule has 4 rings (SSSR count). The highest BCUT2D eigenvalue weighted by Crippen LogP contribution is 2.48. The summed E-state index contributed by atoms with van der Waals surface area (Å²) < 4.78 is 16.2. The summed E-state index contributed by atoms with van der Waals surface area (Å²) in [4.78, 5) is 8.92. The second kappa shape index (κ2) is 7.02. The van der Waals surface area contributed by atoms with Crippen LogP contribution in [0.3, 0.4) is 0 Å². The maximum absolute atomic E-state index is 14.2. The number of nitrogens with zero attached hydrogens (tertiary/aromatic N) is 3. The lowest BCUT2D eigenvalue weighted by molar-refractivity contribution is 0.559. The van der Waals surface area contributed by atoms with Gasteiger partial charge in [0.05, 0.1) is 12.2 Å². The molecule has 0 aliphatic heterocycles. The Morgan fingerprint density at radius 2 is 2.00 bits per heavy atom. The molecule has 2 heterocycles. The molecule has 1 aliphatic carbocycles. The number of aromatic nitrogens is 2. The SMILES string of the molecule is CN=C(NCc1cn2c(C)cccc2n1)NCC1(c2ccccc2F)CC1. The van der Waals surface area contributed by atoms with E-state index in [9.17, 15) is 4.39 Å². The first-order valence-corrected chi connectivity index (χ1v) is 9.24. The lowest BCUT2D eigenvalue weighted by atomic mass is 9.95. The van der Waals surface area contributed by atoms with Crippen molar-refractivity contribution >= 4 is 11.6 Å². The zero-order valence-electron chi connectivity index (χ0n) is 15.7. The largest absolute Gasteiger partial charge is 0.356 e. The topological polar surface area (TPSA) is 53.7 Å². The number of benzene rings is 1. The first kappa shape index (κ1) is 17.5. The van der Waals surface area contributed by atoms with Gasteiger partial charge in [0.15, 0.2) is 5.96 Å². The van der Waals surface area contributed by atoms with Crippen LogP contribution in [-0.4, -0.2) is 28.9 Å². The van der Waals surface area contributed by atoms with Crippen LogP contribution in [0.25, 0.3) is 5.65 Å². The summed E-state index contributed by atoms with van der Waals surface area (Å²) in [5.41, 5.74) is 3.70. The van der Waals surface area contributed by atoms with Crippen LogP contribution < -0.4 is 10.6 Å². The molecule has 0 unspecified atom stereocenters. The molecule has 0 amide bonds. The average molecular weight is 365 g/mol. The van der Waals surface area contributed by atoms with E-state index in [1.165, 1.54) is 6.07 Å². The van der Waals surface area contributed by atoms with Crippen molar-refractivity contribution in [3.63, 3.8) is 0 Å². The molecule has 0 saturated heterocycles. The zero-order chi connectivity index (χ0) is 18.9. The van der Waals surface area contributed by atoms with Crippen molar-refractivity contribution in [2.24, 2.45) is 4.99 Å². The van der Waals surface area contributed by atoms with E-state index in [-0.39, 0.29) is 11.2 Å². The zero-order valence-corrected chi connectivity index (χ0v) is 15.7. The Balaban J connectivity index is 1.38. The molecule has 3 aromatic rings. The number of hydrogen-bond acceptors (Lipinski definition) is 2. The highest BCUT2D eigenvalue weighted by atomic mass is 19.1. The smallest absolute Gasteiger partial charge is 0.191 e. The lowest BCUT2D eigenvalue weighted by Gasteiger charge is -2.19. The summed E-state index contributed by atoms with van der Waals surface area (Å²) in [5.74, 6) is 0.575. The van der Waals surface area contributed by atoms with Gasteiger partial charge >= 0.3 is 0 Å². The molecular weight excluding hydrogens is 341 g/mol. The number of nitrogens with one attached hydrogen (secondary N) is 2. The predicted molar refractivity (Wildman–Crippen MR) is 105 cm³/mol. The Bertz CT molecular complexity index is 987. The minimum atomic E-state index is -0.125. The van der Waals surface area contributed by atoms with Crippen molar-refractivity contribution < 1.29 is 4.39 Å². The first-order valence-electron chi connectivity index (χ1n) is 9.24. The van der Waals surface area contributed by atoms with Gasteiger partial charge in [-0.15, -0.1) is 0 Å². The molecule has 0 radical (unpaired) electrons. The van der Waals surface area contributed by atoms with Gasteiger partial charge in [-0.2, -0.15) is 0 Å². The molecule has 1 saturated carbocycles. The number of aryl methyl sites for hydroxylation is 1. The van der Waals surface area contributed by atoms with E-state index in [1.807, 2.05) is 30.5 Å². The molecule has 27 heavy (non-hydrogen) atoms. The van der Waals surface area contributed by atoms with Crippen LogP contribution in [0.2, 0.25) is 0 Å². The van der Waals surface area contributed by atoms with Crippen molar-refractivity contribution in [2.45, 2.75) is 31.7 Å². The summed E-state index contributed by atoms with van der Waals surface area (Å²) in [6.07, 6.45) is 4.01. The van der Waals surface area contributed by atoms with Crippen LogP contribution in [-0.2, 0) is 12.0 Å². The molecule has 1 aliphatic rings. The van der Waals surface area contributed by atoms with Crippen LogP contribution in [0.15, 0.2) is 53.7 Å². The first-order chi connectivity index (χ1) is 13.1. The molecule has 2 N–H and O–H groups in total. The number of aliphatic imine (C=N–C) groups is 1. The van der Waals surface area contributed by atoms with Gasteiger partial charge in [-0.25, -0.2) is 9.37 Å². The van der Waals surface area contributed by atoms with Gasteiger partial charge in [0.25, 0.3) is 0 Å². The molecule has 5 nitrogen and oxygen atoms in total. The maximum Gasteiger partial charge on any atom is 0.191 e. The fourth-order valence-corrected chi connectivity index (χ4v) is 3.52. The summed E-state index contributed by atoms with van der Waals surface area (Å²) >= 11 is 0. The van der Waals surface area contributed by atoms with E-state index in [0.29, 0.717) is 19.0 Å². The van der Waals surface area contributed by atoms with Crippen molar-refractivity contribution in [3.05, 3.63) is 71.4 Å². The number of fused-ring (bicyclic) bond motifs is 1. The van der Waals surface area contributed by atoms with E-state index >= 15 is 0 Å². The van der Waals surface area contributed by atoms with E-state index < -0.39 is 0 Å². The van der Waals surface area contributed by atoms with Gasteiger partial charge in [-0.05, 0) is 43.5 Å². The highest BCUT2D eigenvalue weighted by Gasteiger charge is 2.45. The maximum atomic E-state index is 14.2. The summed E-state index contributed by atoms with van der Waals surface area (Å²) in [7, 11) is 1.74. The Morgan fingerprint density at radius 1 is 1.19 bits per heavy atom. The molecule has 140 valence electrons. The minimum Gasteiger partial charge on any atom is -0.356 e. The normalized spacial score (nSPS) is 15.7. The Labute approximate surface area is 158 Å². The molecule has 0 atom stereocenters. The molecule has 0 spiro atoms. The Morgan fingerprint density at radius 3 is 2.70 bits per heavy atom. The summed E-state index contributed by atoms with van der Waals surface area (Å²) in [5, 5.41) is 6.65. The molecule has 2 aromatic heterocycles. The summed E-state index contributed by atoms with van der Waals surface area (Å²) in [6.45, 7) is 3.30. The van der Waals surface area contributed by atoms with E-state index in [4.69, 9.17) is 0 Å². The van der Waals surface area contributed by atoms with Crippen LogP contribution in [0.5, 0.6) is 0 Å². The quantitative estimate of drug-likeness (QED) is 0.539. The van der Waals surface area contributed by atoms with Crippen molar-refractivity contribution in [1.82, 2.24) is 20.0 Å². The fourth-order valence-electron chi connectivity index (χ4n) is 3.52. The number of imidazole rings is 1. The monoisotopic (exact) mass is 365 g/mol. The molecule has 0 bridgehead atoms. The average Bonchev–Trinajstić information content (AvgIpc) is 3.33. The number of pyridine rings is 1. The number of hydrogen-bond donors (Lipinski definition) is 2. The van der Waals surface area contributed by atoms with Crippen LogP contribution in [0.1, 0.15) is 29.8 Å². The van der Waals surface area contributed by atoms with Crippen molar-refractivity contribution in [2.75, 3.05) is 13.6 Å². The Hall–Kier alpha value is -2.89. The van der Waals surface area contributed by atoms with Gasteiger partial charge in [0, 0.05) is 30.9 Å². The lowest BCUT2D eigenvalue weighted by Crippen LogP contribution is -2.41. The number of guanidine groups is 1. The summed E-state index contributed by atoms with van der Waals surface area (Å²) in [6, 6.07) is 13.1. The number of rotatable bonds is 5. The van der Waals surface area contributed by atoms with Gasteiger partial charge in [0.1, 0.15) is 11.5 Å². The van der Waals surface area contributed by atoms with Gasteiger partial charge in [-0.1, -0.05) is 24.3 Å². The molecule has 1 aromatic carbocycles. The highest BCUT2D eigenvalue weighted by molar-refractivity contribution is 5.79. The fraction of sp³-hybridized carbons (Fsp3) is 0.333. The predicted octanol–water partition coefficient (Wildman–Crippen LogP) is 3.18. The third-order valence-electron chi connectivity index (χ3n) is 5.30. The van der Waals surface area contributed by atoms with Crippen molar-refractivity contribution in [3.8, 4) is 0 Å². The van der Waals surface area contributed by atoms with Crippen LogP contribution >= 0.6 is 0 Å². The second-order valence-corrected chi connectivity index (χ2v) is 7.17. The molecule has 1 fully saturated rings. The third kappa shape index (κ3) is 3.52. The molecular formula is C21H24FN5. The molecule has 6 heteroatoms.